The fourth-order valence-electron chi connectivity index (χ4n) is 10.6. The number of aromatic amines is 1. The van der Waals surface area contributed by atoms with E-state index in [1.165, 1.54) is 18.4 Å². The Bertz CT molecular complexity index is 2590. The average Bonchev–Trinajstić information content (AvgIpc) is 4.16. The van der Waals surface area contributed by atoms with Gasteiger partial charge in [0.05, 0.1) is 41.5 Å². The van der Waals surface area contributed by atoms with Crippen molar-refractivity contribution in [2.45, 2.75) is 82.2 Å². The molecule has 4 aliphatic heterocycles. The Balaban J connectivity index is 0.678. The van der Waals surface area contributed by atoms with Crippen LogP contribution in [0, 0.1) is 17.2 Å². The van der Waals surface area contributed by atoms with Crippen LogP contribution in [0.25, 0.3) is 22.3 Å². The summed E-state index contributed by atoms with van der Waals surface area (Å²) in [4.78, 5) is 72.0. The first kappa shape index (κ1) is 41.6. The molecule has 10 rings (SSSR count). The lowest BCUT2D eigenvalue weighted by atomic mass is 9.89. The summed E-state index contributed by atoms with van der Waals surface area (Å²) in [6, 6.07) is 17.6. The van der Waals surface area contributed by atoms with Gasteiger partial charge in [0.25, 0.3) is 11.8 Å². The highest BCUT2D eigenvalue weighted by molar-refractivity contribution is 6.23. The topological polar surface area (TPSA) is 188 Å². The van der Waals surface area contributed by atoms with E-state index in [-0.39, 0.29) is 24.8 Å². The van der Waals surface area contributed by atoms with E-state index in [2.05, 4.69) is 60.7 Å². The molecular weight excluding hydrogens is 809 g/mol. The second kappa shape index (κ2) is 18.0. The van der Waals surface area contributed by atoms with Gasteiger partial charge in [-0.2, -0.15) is 15.3 Å². The minimum absolute atomic E-state index is 0.0788. The van der Waals surface area contributed by atoms with E-state index < -0.39 is 23.8 Å². The molecule has 3 aromatic heterocycles. The van der Waals surface area contributed by atoms with Crippen LogP contribution in [0.4, 0.5) is 17.3 Å². The van der Waals surface area contributed by atoms with Crippen molar-refractivity contribution in [3.8, 4) is 17.3 Å². The molecule has 16 nitrogen and oxygen atoms in total. The molecule has 0 radical (unpaired) electrons. The monoisotopic (exact) mass is 862 g/mol. The van der Waals surface area contributed by atoms with Crippen molar-refractivity contribution in [3.63, 3.8) is 0 Å². The van der Waals surface area contributed by atoms with E-state index in [0.29, 0.717) is 35.3 Å². The lowest BCUT2D eigenvalue weighted by molar-refractivity contribution is -0.136. The molecule has 330 valence electrons. The largest absolute Gasteiger partial charge is 0.369 e. The number of nitrogens with one attached hydrogen (secondary N) is 3. The third-order valence-electron chi connectivity index (χ3n) is 14.2. The number of rotatable bonds is 13. The number of aromatic nitrogens is 5. The van der Waals surface area contributed by atoms with Crippen LogP contribution in [0.15, 0.2) is 67.1 Å². The Morgan fingerprint density at radius 3 is 2.33 bits per heavy atom. The predicted molar refractivity (Wildman–Crippen MR) is 241 cm³/mol. The van der Waals surface area contributed by atoms with Gasteiger partial charge in [-0.15, -0.1) is 0 Å². The van der Waals surface area contributed by atoms with E-state index in [1.807, 2.05) is 35.4 Å². The number of benzene rings is 2. The minimum Gasteiger partial charge on any atom is -0.369 e. The maximum Gasteiger partial charge on any atom is 0.262 e. The summed E-state index contributed by atoms with van der Waals surface area (Å²) in [5, 5.41) is 20.9. The van der Waals surface area contributed by atoms with Gasteiger partial charge in [-0.25, -0.2) is 4.98 Å². The molecule has 0 spiro atoms. The van der Waals surface area contributed by atoms with Crippen LogP contribution in [-0.2, 0) is 9.59 Å². The van der Waals surface area contributed by atoms with Crippen LogP contribution in [0.2, 0.25) is 0 Å². The molecule has 4 amide bonds. The van der Waals surface area contributed by atoms with Crippen LogP contribution < -0.4 is 15.5 Å². The molecule has 0 bridgehead atoms. The number of imide groups is 2. The van der Waals surface area contributed by atoms with Gasteiger partial charge >= 0.3 is 0 Å². The first-order valence-electron chi connectivity index (χ1n) is 23.0. The van der Waals surface area contributed by atoms with Crippen molar-refractivity contribution in [1.29, 1.82) is 5.26 Å². The summed E-state index contributed by atoms with van der Waals surface area (Å²) in [6.07, 6.45) is 14.6. The predicted octanol–water partition coefficient (Wildman–Crippen LogP) is 6.00. The Morgan fingerprint density at radius 2 is 1.58 bits per heavy atom. The van der Waals surface area contributed by atoms with Crippen LogP contribution >= 0.6 is 0 Å². The smallest absolute Gasteiger partial charge is 0.262 e. The van der Waals surface area contributed by atoms with Gasteiger partial charge in [0, 0.05) is 67.3 Å². The van der Waals surface area contributed by atoms with Crippen molar-refractivity contribution in [2.75, 3.05) is 62.6 Å². The number of nitriles is 1. The zero-order chi connectivity index (χ0) is 43.7. The van der Waals surface area contributed by atoms with E-state index in [4.69, 9.17) is 15.1 Å². The van der Waals surface area contributed by atoms with Gasteiger partial charge < -0.3 is 20.1 Å². The maximum atomic E-state index is 13.3. The summed E-state index contributed by atoms with van der Waals surface area (Å²) in [7, 11) is 0. The molecule has 4 fully saturated rings. The number of hydrogen-bond donors (Lipinski definition) is 3. The molecule has 5 aliphatic rings. The van der Waals surface area contributed by atoms with E-state index in [1.54, 1.807) is 12.1 Å². The van der Waals surface area contributed by atoms with Crippen LogP contribution in [0.3, 0.4) is 0 Å². The Morgan fingerprint density at radius 1 is 0.828 bits per heavy atom. The number of H-pyrrole nitrogens is 1. The van der Waals surface area contributed by atoms with Crippen molar-refractivity contribution < 1.29 is 19.2 Å². The summed E-state index contributed by atoms with van der Waals surface area (Å²) in [5.74, 6) is -0.414. The number of piperazine rings is 1. The number of carbonyl (C=O) groups is 4. The fraction of sp³-hybridized carbons (Fsp3) is 0.458. The van der Waals surface area contributed by atoms with Gasteiger partial charge in [0.2, 0.25) is 17.8 Å². The highest BCUT2D eigenvalue weighted by atomic mass is 16.2. The molecule has 2 unspecified atom stereocenters. The molecule has 3 N–H and O–H groups in total. The molecule has 16 heteroatoms. The number of amides is 4. The first-order valence-corrected chi connectivity index (χ1v) is 23.0. The van der Waals surface area contributed by atoms with Gasteiger partial charge in [-0.05, 0) is 119 Å². The minimum atomic E-state index is -0.963. The molecule has 64 heavy (non-hydrogen) atoms. The van der Waals surface area contributed by atoms with Crippen molar-refractivity contribution >= 4 is 52.0 Å². The van der Waals surface area contributed by atoms with E-state index >= 15 is 0 Å². The maximum absolute atomic E-state index is 13.3. The van der Waals surface area contributed by atoms with Crippen molar-refractivity contribution in [1.82, 2.24) is 44.7 Å². The van der Waals surface area contributed by atoms with Gasteiger partial charge in [0.15, 0.2) is 0 Å². The lowest BCUT2D eigenvalue weighted by Crippen LogP contribution is -2.54. The summed E-state index contributed by atoms with van der Waals surface area (Å²) >= 11 is 0. The Kier molecular flexibility index (Phi) is 11.7. The van der Waals surface area contributed by atoms with Crippen molar-refractivity contribution in [3.05, 3.63) is 83.8 Å². The quantitative estimate of drug-likeness (QED) is 0.117. The van der Waals surface area contributed by atoms with Crippen molar-refractivity contribution in [2.24, 2.45) is 5.92 Å². The molecule has 2 atom stereocenters. The van der Waals surface area contributed by atoms with Gasteiger partial charge in [-0.3, -0.25) is 39.0 Å². The van der Waals surface area contributed by atoms with E-state index in [9.17, 15) is 24.4 Å². The fourth-order valence-corrected chi connectivity index (χ4v) is 10.6. The Hall–Kier alpha value is -6.44. The SMILES string of the molecule is N#CCC(C1CCCC1)n1cc(-c2nc(Nc3ccc(C4CCN(CCCN5CCN(c6ccc7c(c6)C(=O)N(C6CCC(=O)NC6=O)C7=O)CC5)CC4)cc3)nc3[nH]ccc23)cn1. The molecule has 3 saturated heterocycles. The van der Waals surface area contributed by atoms with Gasteiger partial charge in [-0.1, -0.05) is 25.0 Å². The number of anilines is 3. The molecule has 1 aliphatic carbocycles. The highest BCUT2D eigenvalue weighted by Gasteiger charge is 2.45. The van der Waals surface area contributed by atoms with Crippen LogP contribution in [0.5, 0.6) is 0 Å². The van der Waals surface area contributed by atoms with Gasteiger partial charge in [0.1, 0.15) is 11.7 Å². The average molecular weight is 863 g/mol. The standard InChI is InChI=1S/C48H54N12O4/c49-18-14-40(33-4-1-2-5-33)59-30-34(29-51-59)43-38-15-19-50-44(38)55-48(54-43)52-35-8-6-31(7-9-35)32-16-22-56(23-17-32)20-3-21-57-24-26-58(27-25-57)36-10-11-37-39(28-36)47(64)60(46(37)63)41-12-13-42(61)53-45(41)62/h6-11,15,19,28-30,32-33,40-41H,1-5,12-14,16-17,20-27H2,(H,53,61,62)(H2,50,52,54,55). The highest BCUT2D eigenvalue weighted by Crippen LogP contribution is 2.38. The van der Waals surface area contributed by atoms with E-state index in [0.717, 1.165) is 123 Å². The Labute approximate surface area is 372 Å². The summed E-state index contributed by atoms with van der Waals surface area (Å²) < 4.78 is 1.98. The number of piperidine rings is 2. The third kappa shape index (κ3) is 8.37. The zero-order valence-electron chi connectivity index (χ0n) is 36.0. The second-order valence-electron chi connectivity index (χ2n) is 18.0. The van der Waals surface area contributed by atoms with Crippen LogP contribution in [-0.4, -0.2) is 121 Å². The number of nitrogens with zero attached hydrogens (tertiary/aromatic N) is 9. The lowest BCUT2D eigenvalue weighted by Gasteiger charge is -2.37. The molecule has 2 aromatic carbocycles. The van der Waals surface area contributed by atoms with Crippen LogP contribution in [0.1, 0.15) is 102 Å². The number of likely N-dealkylation sites (tertiary alicyclic amines) is 1. The summed E-state index contributed by atoms with van der Waals surface area (Å²) in [5.41, 5.74) is 6.29. The first-order chi connectivity index (χ1) is 31.3. The second-order valence-corrected chi connectivity index (χ2v) is 18.0. The normalized spacial score (nSPS) is 20.8. The summed E-state index contributed by atoms with van der Waals surface area (Å²) in [6.45, 7) is 7.77. The zero-order valence-corrected chi connectivity index (χ0v) is 36.0. The molecule has 7 heterocycles. The third-order valence-corrected chi connectivity index (χ3v) is 14.2. The molecule has 5 aromatic rings. The molecule has 1 saturated carbocycles. The number of fused-ring (bicyclic) bond motifs is 2. The number of carbonyl (C=O) groups excluding carboxylic acids is 4. The molecular formula is C48H54N12O4. The number of hydrogen-bond acceptors (Lipinski definition) is 12.